The maximum Gasteiger partial charge on any atom is 0.333 e. The van der Waals surface area contributed by atoms with Crippen molar-refractivity contribution in [1.82, 2.24) is 24.4 Å². The van der Waals surface area contributed by atoms with Crippen LogP contribution in [0.3, 0.4) is 0 Å². The lowest BCUT2D eigenvalue weighted by Crippen LogP contribution is -2.39. The highest BCUT2D eigenvalue weighted by Gasteiger charge is 2.42. The molecule has 2 aromatic heterocycles. The van der Waals surface area contributed by atoms with Gasteiger partial charge in [0.2, 0.25) is 10.0 Å². The average Bonchev–Trinajstić information content (AvgIpc) is 3.73. The standard InChI is InChI=1S/C27H22ClF3N6O4S3/c1-43(38,39)17-3-5-18(6-4-17)44(40,41)35-16-13-22-23(21-8-10-37(34-21)27(30)31)24(19-7-2-15(29)12-20(19)28)33-25(36(22)14-16)26-32-9-11-42-26/h2-12,16,24,27,35H,13-14H2,1H3/t16-,24-/m0/s1. The monoisotopic (exact) mass is 682 g/mol. The molecule has 0 amide bonds. The topological polar surface area (TPSA) is 127 Å². The summed E-state index contributed by atoms with van der Waals surface area (Å²) >= 11 is 7.77. The number of amidine groups is 1. The van der Waals surface area contributed by atoms with Crippen molar-refractivity contribution in [3.05, 3.63) is 99.1 Å². The first-order chi connectivity index (χ1) is 20.8. The smallest absolute Gasteiger partial charge is 0.326 e. The summed E-state index contributed by atoms with van der Waals surface area (Å²) in [4.78, 5) is 10.9. The number of fused-ring (bicyclic) bond motifs is 1. The van der Waals surface area contributed by atoms with E-state index in [0.717, 1.165) is 18.5 Å². The van der Waals surface area contributed by atoms with Crippen molar-refractivity contribution in [2.45, 2.75) is 34.8 Å². The first-order valence-corrected chi connectivity index (χ1v) is 17.5. The third kappa shape index (κ3) is 5.79. The molecule has 0 bridgehead atoms. The van der Waals surface area contributed by atoms with Gasteiger partial charge in [-0.05, 0) is 42.5 Å². The lowest BCUT2D eigenvalue weighted by Gasteiger charge is -2.32. The maximum absolute atomic E-state index is 14.0. The molecule has 1 fully saturated rings. The summed E-state index contributed by atoms with van der Waals surface area (Å²) in [5.74, 6) is -0.173. The average molecular weight is 683 g/mol. The van der Waals surface area contributed by atoms with Gasteiger partial charge in [0.05, 0.1) is 15.5 Å². The minimum Gasteiger partial charge on any atom is -0.326 e. The first kappa shape index (κ1) is 30.5. The molecule has 10 nitrogen and oxygen atoms in total. The van der Waals surface area contributed by atoms with Crippen molar-refractivity contribution < 1.29 is 30.0 Å². The molecule has 2 aliphatic rings. The number of aliphatic imine (C=N–C) groups is 1. The van der Waals surface area contributed by atoms with E-state index in [4.69, 9.17) is 16.6 Å². The van der Waals surface area contributed by atoms with Crippen LogP contribution in [-0.4, -0.2) is 61.2 Å². The molecule has 4 aromatic rings. The number of benzene rings is 2. The van der Waals surface area contributed by atoms with Crippen LogP contribution in [0.1, 0.15) is 35.3 Å². The van der Waals surface area contributed by atoms with Gasteiger partial charge in [0, 0.05) is 64.9 Å². The molecule has 2 aliphatic heterocycles. The zero-order valence-electron chi connectivity index (χ0n) is 22.6. The van der Waals surface area contributed by atoms with E-state index in [0.29, 0.717) is 32.4 Å². The number of hydrogen-bond acceptors (Lipinski definition) is 9. The molecular formula is C27H22ClF3N6O4S3. The van der Waals surface area contributed by atoms with Gasteiger partial charge in [-0.1, -0.05) is 17.7 Å². The second-order valence-corrected chi connectivity index (χ2v) is 15.1. The highest BCUT2D eigenvalue weighted by molar-refractivity contribution is 7.90. The van der Waals surface area contributed by atoms with Gasteiger partial charge in [0.15, 0.2) is 20.7 Å². The summed E-state index contributed by atoms with van der Waals surface area (Å²) in [6, 6.07) is 8.42. The third-order valence-corrected chi connectivity index (χ3v) is 10.9. The van der Waals surface area contributed by atoms with Gasteiger partial charge in [-0.3, -0.25) is 4.99 Å². The van der Waals surface area contributed by atoms with Crippen molar-refractivity contribution in [2.75, 3.05) is 12.8 Å². The zero-order chi connectivity index (χ0) is 31.4. The number of hydrogen-bond donors (Lipinski definition) is 1. The molecule has 0 radical (unpaired) electrons. The number of rotatable bonds is 8. The Hall–Kier alpha value is -3.57. The summed E-state index contributed by atoms with van der Waals surface area (Å²) in [7, 11) is -7.65. The Bertz CT molecular complexity index is 2010. The molecule has 2 aromatic carbocycles. The van der Waals surface area contributed by atoms with Crippen LogP contribution in [0.5, 0.6) is 0 Å². The van der Waals surface area contributed by atoms with E-state index in [1.807, 2.05) is 0 Å². The number of nitrogens with one attached hydrogen (secondary N) is 1. The zero-order valence-corrected chi connectivity index (χ0v) is 25.8. The van der Waals surface area contributed by atoms with Crippen LogP contribution in [0.15, 0.2) is 86.8 Å². The van der Waals surface area contributed by atoms with Crippen molar-refractivity contribution >= 4 is 54.2 Å². The molecule has 0 spiro atoms. The Labute approximate surface area is 259 Å². The summed E-state index contributed by atoms with van der Waals surface area (Å²) in [6.45, 7) is -2.80. The number of sulfone groups is 1. The Morgan fingerprint density at radius 2 is 1.80 bits per heavy atom. The van der Waals surface area contributed by atoms with E-state index >= 15 is 0 Å². The van der Waals surface area contributed by atoms with Crippen molar-refractivity contribution in [1.29, 1.82) is 0 Å². The van der Waals surface area contributed by atoms with E-state index in [-0.39, 0.29) is 33.5 Å². The molecule has 44 heavy (non-hydrogen) atoms. The molecule has 230 valence electrons. The minimum atomic E-state index is -4.12. The fourth-order valence-corrected chi connectivity index (χ4v) is 7.96. The van der Waals surface area contributed by atoms with Crippen LogP contribution >= 0.6 is 22.9 Å². The van der Waals surface area contributed by atoms with Crippen LogP contribution in [0, 0.1) is 5.82 Å². The van der Waals surface area contributed by atoms with E-state index in [1.165, 1.54) is 53.8 Å². The molecule has 0 aliphatic carbocycles. The number of halogens is 4. The molecule has 1 N–H and O–H groups in total. The second kappa shape index (κ2) is 11.4. The minimum absolute atomic E-state index is 0.0257. The van der Waals surface area contributed by atoms with E-state index in [9.17, 15) is 30.0 Å². The third-order valence-electron chi connectivity index (χ3n) is 7.11. The highest BCUT2D eigenvalue weighted by Crippen LogP contribution is 2.46. The maximum atomic E-state index is 14.0. The quantitative estimate of drug-likeness (QED) is 0.280. The SMILES string of the molecule is CS(=O)(=O)c1ccc(S(=O)(=O)N[C@H]2CC3=C(c4ccn(C(F)F)n4)[C@H](c4ccc(F)cc4Cl)N=C(c4nccs4)N3C2)cc1. The van der Waals surface area contributed by atoms with Crippen LogP contribution in [0.2, 0.25) is 5.02 Å². The molecular weight excluding hydrogens is 661 g/mol. The number of thiazole rings is 1. The van der Waals surface area contributed by atoms with Crippen LogP contribution in [-0.2, 0) is 19.9 Å². The Kier molecular flexibility index (Phi) is 7.90. The fraction of sp³-hybridized carbons (Fsp3) is 0.222. The predicted molar refractivity (Wildman–Crippen MR) is 158 cm³/mol. The van der Waals surface area contributed by atoms with Gasteiger partial charge in [-0.25, -0.2) is 35.6 Å². The number of alkyl halides is 2. The Morgan fingerprint density at radius 1 is 1.07 bits per heavy atom. The second-order valence-electron chi connectivity index (χ2n) is 10.1. The largest absolute Gasteiger partial charge is 0.333 e. The van der Waals surface area contributed by atoms with Gasteiger partial charge in [-0.2, -0.15) is 13.9 Å². The molecule has 0 saturated carbocycles. The lowest BCUT2D eigenvalue weighted by molar-refractivity contribution is 0.0564. The van der Waals surface area contributed by atoms with Gasteiger partial charge < -0.3 is 4.90 Å². The van der Waals surface area contributed by atoms with Gasteiger partial charge in [0.1, 0.15) is 11.9 Å². The van der Waals surface area contributed by atoms with Crippen molar-refractivity contribution in [3.8, 4) is 0 Å². The van der Waals surface area contributed by atoms with Gasteiger partial charge in [-0.15, -0.1) is 11.3 Å². The molecule has 2 atom stereocenters. The first-order valence-electron chi connectivity index (χ1n) is 12.9. The molecule has 0 unspecified atom stereocenters. The molecule has 17 heteroatoms. The predicted octanol–water partition coefficient (Wildman–Crippen LogP) is 4.90. The lowest BCUT2D eigenvalue weighted by atomic mass is 9.92. The van der Waals surface area contributed by atoms with Crippen LogP contribution < -0.4 is 4.72 Å². The van der Waals surface area contributed by atoms with E-state index in [2.05, 4.69) is 14.8 Å². The van der Waals surface area contributed by atoms with Crippen molar-refractivity contribution in [2.24, 2.45) is 4.99 Å². The van der Waals surface area contributed by atoms with Crippen molar-refractivity contribution in [3.63, 3.8) is 0 Å². The van der Waals surface area contributed by atoms with Crippen LogP contribution in [0.25, 0.3) is 5.57 Å². The van der Waals surface area contributed by atoms with Gasteiger partial charge >= 0.3 is 6.55 Å². The summed E-state index contributed by atoms with van der Waals surface area (Å²) in [6.07, 6.45) is 3.84. The molecule has 4 heterocycles. The summed E-state index contributed by atoms with van der Waals surface area (Å²) in [5.41, 5.74) is 1.51. The summed E-state index contributed by atoms with van der Waals surface area (Å²) < 4.78 is 94.7. The van der Waals surface area contributed by atoms with Crippen LogP contribution in [0.4, 0.5) is 13.2 Å². The van der Waals surface area contributed by atoms with E-state index < -0.39 is 44.3 Å². The number of aromatic nitrogens is 3. The molecule has 1 saturated heterocycles. The Balaban J connectivity index is 1.45. The number of sulfonamides is 1. The fourth-order valence-electron chi connectivity index (χ4n) is 5.19. The van der Waals surface area contributed by atoms with Gasteiger partial charge in [0.25, 0.3) is 0 Å². The normalized spacial score (nSPS) is 19.0. The highest BCUT2D eigenvalue weighted by atomic mass is 35.5. The molecule has 6 rings (SSSR count). The summed E-state index contributed by atoms with van der Waals surface area (Å²) in [5, 5.41) is 6.40. The number of nitrogens with zero attached hydrogens (tertiary/aromatic N) is 5. The Morgan fingerprint density at radius 3 is 2.41 bits per heavy atom. The van der Waals surface area contributed by atoms with E-state index in [1.54, 1.807) is 16.5 Å².